The highest BCUT2D eigenvalue weighted by atomic mass is 35.5. The molecule has 0 aromatic carbocycles. The van der Waals surface area contributed by atoms with E-state index in [2.05, 4.69) is 5.10 Å². The molecule has 0 N–H and O–H groups in total. The molecule has 1 heterocycles. The molecule has 0 saturated heterocycles. The van der Waals surface area contributed by atoms with E-state index in [1.807, 2.05) is 20.9 Å². The standard InChI is InChI=1S/C14H21ClN2O2/c1-4-10-13(15)11(17(3)16-10)8-12(18)14(19-5-2)9-6-7-9/h9,14H,4-8H2,1-3H3. The first-order valence-corrected chi connectivity index (χ1v) is 7.30. The van der Waals surface area contributed by atoms with Crippen LogP contribution in [0.3, 0.4) is 0 Å². The lowest BCUT2D eigenvalue weighted by Gasteiger charge is -2.15. The summed E-state index contributed by atoms with van der Waals surface area (Å²) in [5.41, 5.74) is 1.65. The number of halogens is 1. The molecule has 0 bridgehead atoms. The van der Waals surface area contributed by atoms with Crippen molar-refractivity contribution in [2.75, 3.05) is 6.61 Å². The fourth-order valence-electron chi connectivity index (χ4n) is 2.35. The number of aryl methyl sites for hydroxylation is 2. The first kappa shape index (κ1) is 14.5. The highest BCUT2D eigenvalue weighted by Crippen LogP contribution is 2.35. The highest BCUT2D eigenvalue weighted by molar-refractivity contribution is 6.32. The van der Waals surface area contributed by atoms with Gasteiger partial charge in [0.25, 0.3) is 0 Å². The van der Waals surface area contributed by atoms with Crippen molar-refractivity contribution in [1.29, 1.82) is 0 Å². The largest absolute Gasteiger partial charge is 0.370 e. The average Bonchev–Trinajstić information content (AvgIpc) is 3.18. The lowest BCUT2D eigenvalue weighted by Crippen LogP contribution is -2.28. The van der Waals surface area contributed by atoms with Gasteiger partial charge in [-0.2, -0.15) is 5.10 Å². The van der Waals surface area contributed by atoms with Crippen molar-refractivity contribution >= 4 is 17.4 Å². The molecule has 2 rings (SSSR count). The Morgan fingerprint density at radius 1 is 1.53 bits per heavy atom. The maximum atomic E-state index is 12.4. The monoisotopic (exact) mass is 284 g/mol. The summed E-state index contributed by atoms with van der Waals surface area (Å²) in [4.78, 5) is 12.4. The molecule has 1 unspecified atom stereocenters. The van der Waals surface area contributed by atoms with Crippen molar-refractivity contribution in [3.8, 4) is 0 Å². The molecule has 1 aromatic heterocycles. The van der Waals surface area contributed by atoms with Crippen LogP contribution in [0.1, 0.15) is 38.1 Å². The Hall–Kier alpha value is -0.870. The summed E-state index contributed by atoms with van der Waals surface area (Å²) in [7, 11) is 1.83. The number of carbonyl (C=O) groups excluding carboxylic acids is 1. The van der Waals surface area contributed by atoms with E-state index in [1.165, 1.54) is 0 Å². The van der Waals surface area contributed by atoms with E-state index in [-0.39, 0.29) is 11.9 Å². The second kappa shape index (κ2) is 6.06. The van der Waals surface area contributed by atoms with Crippen LogP contribution in [0.4, 0.5) is 0 Å². The molecule has 1 aliphatic carbocycles. The van der Waals surface area contributed by atoms with Gasteiger partial charge in [-0.1, -0.05) is 18.5 Å². The molecule has 1 aromatic rings. The summed E-state index contributed by atoms with van der Waals surface area (Å²) in [5, 5.41) is 4.97. The molecule has 19 heavy (non-hydrogen) atoms. The predicted molar refractivity (Wildman–Crippen MR) is 74.4 cm³/mol. The first-order chi connectivity index (χ1) is 9.08. The third kappa shape index (κ3) is 3.18. The maximum Gasteiger partial charge on any atom is 0.167 e. The average molecular weight is 285 g/mol. The van der Waals surface area contributed by atoms with E-state index in [4.69, 9.17) is 16.3 Å². The van der Waals surface area contributed by atoms with Gasteiger partial charge in [0.1, 0.15) is 6.10 Å². The van der Waals surface area contributed by atoms with Gasteiger partial charge in [0.2, 0.25) is 0 Å². The Labute approximate surface area is 119 Å². The van der Waals surface area contributed by atoms with Crippen LogP contribution >= 0.6 is 11.6 Å². The third-order valence-electron chi connectivity index (χ3n) is 3.56. The van der Waals surface area contributed by atoms with Crippen LogP contribution in [0, 0.1) is 5.92 Å². The molecule has 1 saturated carbocycles. The van der Waals surface area contributed by atoms with E-state index in [0.717, 1.165) is 30.7 Å². The van der Waals surface area contributed by atoms with Crippen molar-refractivity contribution in [1.82, 2.24) is 9.78 Å². The Bertz CT molecular complexity index is 466. The van der Waals surface area contributed by atoms with E-state index in [9.17, 15) is 4.79 Å². The van der Waals surface area contributed by atoms with E-state index < -0.39 is 0 Å². The van der Waals surface area contributed by atoms with Crippen LogP contribution in [-0.4, -0.2) is 28.3 Å². The predicted octanol–water partition coefficient (Wildman–Crippen LogP) is 2.56. The number of Topliss-reactive ketones (excluding diaryl/α,β-unsaturated/α-hetero) is 1. The molecule has 4 nitrogen and oxygen atoms in total. The van der Waals surface area contributed by atoms with Gasteiger partial charge in [0, 0.05) is 13.7 Å². The van der Waals surface area contributed by atoms with Crippen molar-refractivity contribution < 1.29 is 9.53 Å². The fraction of sp³-hybridized carbons (Fsp3) is 0.714. The van der Waals surface area contributed by atoms with E-state index in [0.29, 0.717) is 24.0 Å². The fourth-order valence-corrected chi connectivity index (χ4v) is 2.71. The number of rotatable bonds is 7. The van der Waals surface area contributed by atoms with Crippen molar-refractivity contribution in [2.24, 2.45) is 13.0 Å². The molecule has 106 valence electrons. The van der Waals surface area contributed by atoms with Crippen LogP contribution in [0.15, 0.2) is 0 Å². The Morgan fingerprint density at radius 2 is 2.21 bits per heavy atom. The molecular formula is C14H21ClN2O2. The third-order valence-corrected chi connectivity index (χ3v) is 3.99. The number of carbonyl (C=O) groups is 1. The Kier molecular flexibility index (Phi) is 4.63. The van der Waals surface area contributed by atoms with Gasteiger partial charge in [-0.15, -0.1) is 0 Å². The molecule has 1 atom stereocenters. The van der Waals surface area contributed by atoms with Gasteiger partial charge in [0.15, 0.2) is 5.78 Å². The van der Waals surface area contributed by atoms with Gasteiger partial charge >= 0.3 is 0 Å². The lowest BCUT2D eigenvalue weighted by atomic mass is 10.1. The summed E-state index contributed by atoms with van der Waals surface area (Å²) in [6, 6.07) is 0. The zero-order valence-corrected chi connectivity index (χ0v) is 12.5. The maximum absolute atomic E-state index is 12.4. The molecule has 0 aliphatic heterocycles. The van der Waals surface area contributed by atoms with Crippen molar-refractivity contribution in [2.45, 2.75) is 45.6 Å². The molecule has 0 spiro atoms. The van der Waals surface area contributed by atoms with Crippen LogP contribution in [0.2, 0.25) is 5.02 Å². The molecule has 1 fully saturated rings. The molecule has 0 radical (unpaired) electrons. The quantitative estimate of drug-likeness (QED) is 0.773. The van der Waals surface area contributed by atoms with Crippen LogP contribution < -0.4 is 0 Å². The molecular weight excluding hydrogens is 264 g/mol. The van der Waals surface area contributed by atoms with Crippen LogP contribution in [-0.2, 0) is 29.4 Å². The van der Waals surface area contributed by atoms with Crippen molar-refractivity contribution in [3.05, 3.63) is 16.4 Å². The second-order valence-corrected chi connectivity index (χ2v) is 5.42. The summed E-state index contributed by atoms with van der Waals surface area (Å²) < 4.78 is 7.31. The number of ether oxygens (including phenoxy) is 1. The number of aromatic nitrogens is 2. The first-order valence-electron chi connectivity index (χ1n) is 6.93. The van der Waals surface area contributed by atoms with Gasteiger partial charge in [0.05, 0.1) is 22.8 Å². The van der Waals surface area contributed by atoms with Gasteiger partial charge in [-0.3, -0.25) is 9.48 Å². The summed E-state index contributed by atoms with van der Waals surface area (Å²) in [6.45, 7) is 4.51. The van der Waals surface area contributed by atoms with Crippen LogP contribution in [0.25, 0.3) is 0 Å². The zero-order valence-electron chi connectivity index (χ0n) is 11.8. The minimum Gasteiger partial charge on any atom is -0.370 e. The van der Waals surface area contributed by atoms with Gasteiger partial charge in [-0.25, -0.2) is 0 Å². The Balaban J connectivity index is 2.11. The molecule has 5 heteroatoms. The van der Waals surface area contributed by atoms with Crippen LogP contribution in [0.5, 0.6) is 0 Å². The number of hydrogen-bond acceptors (Lipinski definition) is 3. The highest BCUT2D eigenvalue weighted by Gasteiger charge is 2.37. The summed E-state index contributed by atoms with van der Waals surface area (Å²) >= 11 is 6.27. The SMILES string of the molecule is CCOC(C(=O)Cc1c(Cl)c(CC)nn1C)C1CC1. The zero-order chi connectivity index (χ0) is 14.0. The Morgan fingerprint density at radius 3 is 2.68 bits per heavy atom. The lowest BCUT2D eigenvalue weighted by molar-refractivity contribution is -0.131. The van der Waals surface area contributed by atoms with Crippen molar-refractivity contribution in [3.63, 3.8) is 0 Å². The second-order valence-electron chi connectivity index (χ2n) is 5.04. The smallest absolute Gasteiger partial charge is 0.167 e. The van der Waals surface area contributed by atoms with E-state index in [1.54, 1.807) is 4.68 Å². The number of nitrogens with zero attached hydrogens (tertiary/aromatic N) is 2. The topological polar surface area (TPSA) is 44.1 Å². The minimum absolute atomic E-state index is 0.122. The minimum atomic E-state index is -0.263. The molecule has 1 aliphatic rings. The summed E-state index contributed by atoms with van der Waals surface area (Å²) in [6.07, 6.45) is 3.01. The normalized spacial score (nSPS) is 16.6. The van der Waals surface area contributed by atoms with Gasteiger partial charge in [-0.05, 0) is 32.1 Å². The number of ketones is 1. The molecule has 0 amide bonds. The van der Waals surface area contributed by atoms with E-state index >= 15 is 0 Å². The summed E-state index contributed by atoms with van der Waals surface area (Å²) in [5.74, 6) is 0.530. The number of hydrogen-bond donors (Lipinski definition) is 0. The van der Waals surface area contributed by atoms with Gasteiger partial charge < -0.3 is 4.74 Å².